The number of unbranched alkanes of at least 4 members (excludes halogenated alkanes) is 1. The second-order valence-corrected chi connectivity index (χ2v) is 4.99. The van der Waals surface area contributed by atoms with E-state index in [-0.39, 0.29) is 5.91 Å². The minimum Gasteiger partial charge on any atom is -0.320 e. The van der Waals surface area contributed by atoms with Crippen molar-refractivity contribution in [2.75, 3.05) is 11.9 Å². The standard InChI is InChI=1S/C15H24N2O/c1-5-6-7-14(16)15(18)17(4)13-9-11(2)8-12(3)10-13/h8-10,14H,5-7,16H2,1-4H3/t14-/m0/s1. The fourth-order valence-electron chi connectivity index (χ4n) is 2.07. The minimum absolute atomic E-state index is 0.00606. The molecule has 0 bridgehead atoms. The molecule has 0 aliphatic rings. The molecular weight excluding hydrogens is 224 g/mol. The maximum absolute atomic E-state index is 12.2. The molecule has 1 amide bonds. The monoisotopic (exact) mass is 248 g/mol. The second-order valence-electron chi connectivity index (χ2n) is 4.99. The van der Waals surface area contributed by atoms with Gasteiger partial charge in [-0.3, -0.25) is 4.79 Å². The number of benzene rings is 1. The number of amides is 1. The highest BCUT2D eigenvalue weighted by atomic mass is 16.2. The first kappa shape index (κ1) is 14.7. The van der Waals surface area contributed by atoms with Gasteiger partial charge in [0.15, 0.2) is 0 Å². The molecule has 0 spiro atoms. The molecule has 0 unspecified atom stereocenters. The maximum atomic E-state index is 12.2. The van der Waals surface area contributed by atoms with Gasteiger partial charge in [0.1, 0.15) is 0 Å². The average Bonchev–Trinajstić information content (AvgIpc) is 2.32. The third-order valence-corrected chi connectivity index (χ3v) is 3.11. The number of anilines is 1. The molecule has 0 aliphatic heterocycles. The van der Waals surface area contributed by atoms with Gasteiger partial charge in [-0.15, -0.1) is 0 Å². The fourth-order valence-corrected chi connectivity index (χ4v) is 2.07. The average molecular weight is 248 g/mol. The molecule has 0 heterocycles. The lowest BCUT2D eigenvalue weighted by molar-refractivity contribution is -0.119. The van der Waals surface area contributed by atoms with Gasteiger partial charge in [0.2, 0.25) is 5.91 Å². The number of nitrogens with zero attached hydrogens (tertiary/aromatic N) is 1. The Morgan fingerprint density at radius 1 is 1.28 bits per heavy atom. The number of hydrogen-bond acceptors (Lipinski definition) is 2. The number of rotatable bonds is 5. The highest BCUT2D eigenvalue weighted by molar-refractivity contribution is 5.96. The summed E-state index contributed by atoms with van der Waals surface area (Å²) in [5, 5.41) is 0. The van der Waals surface area contributed by atoms with Crippen LogP contribution in [0.4, 0.5) is 5.69 Å². The number of carbonyl (C=O) groups excluding carboxylic acids is 1. The van der Waals surface area contributed by atoms with Crippen LogP contribution in [0, 0.1) is 13.8 Å². The lowest BCUT2D eigenvalue weighted by Gasteiger charge is -2.22. The van der Waals surface area contributed by atoms with Crippen LogP contribution in [0.2, 0.25) is 0 Å². The van der Waals surface area contributed by atoms with E-state index in [1.54, 1.807) is 11.9 Å². The van der Waals surface area contributed by atoms with Crippen molar-refractivity contribution in [1.82, 2.24) is 0 Å². The molecule has 0 saturated heterocycles. The van der Waals surface area contributed by atoms with Crippen LogP contribution in [0.1, 0.15) is 37.3 Å². The zero-order valence-corrected chi connectivity index (χ0v) is 11.9. The summed E-state index contributed by atoms with van der Waals surface area (Å²) >= 11 is 0. The van der Waals surface area contributed by atoms with Crippen molar-refractivity contribution in [3.63, 3.8) is 0 Å². The highest BCUT2D eigenvalue weighted by Gasteiger charge is 2.18. The third-order valence-electron chi connectivity index (χ3n) is 3.11. The molecule has 3 nitrogen and oxygen atoms in total. The molecule has 2 N–H and O–H groups in total. The van der Waals surface area contributed by atoms with Gasteiger partial charge < -0.3 is 10.6 Å². The Kier molecular flexibility index (Phi) is 5.35. The summed E-state index contributed by atoms with van der Waals surface area (Å²) < 4.78 is 0. The van der Waals surface area contributed by atoms with E-state index in [1.165, 1.54) is 0 Å². The van der Waals surface area contributed by atoms with Crippen molar-refractivity contribution >= 4 is 11.6 Å². The normalized spacial score (nSPS) is 12.3. The molecule has 0 radical (unpaired) electrons. The van der Waals surface area contributed by atoms with Crippen molar-refractivity contribution in [1.29, 1.82) is 0 Å². The summed E-state index contributed by atoms with van der Waals surface area (Å²) in [7, 11) is 1.79. The van der Waals surface area contributed by atoms with E-state index < -0.39 is 6.04 Å². The smallest absolute Gasteiger partial charge is 0.243 e. The van der Waals surface area contributed by atoms with E-state index in [0.717, 1.165) is 36.1 Å². The van der Waals surface area contributed by atoms with Crippen LogP contribution in [0.3, 0.4) is 0 Å². The zero-order chi connectivity index (χ0) is 13.7. The molecule has 100 valence electrons. The van der Waals surface area contributed by atoms with Crippen molar-refractivity contribution < 1.29 is 4.79 Å². The molecule has 3 heteroatoms. The van der Waals surface area contributed by atoms with E-state index in [9.17, 15) is 4.79 Å². The fraction of sp³-hybridized carbons (Fsp3) is 0.533. The van der Waals surface area contributed by atoms with Crippen LogP contribution < -0.4 is 10.6 Å². The SMILES string of the molecule is CCCC[C@H](N)C(=O)N(C)c1cc(C)cc(C)c1. The number of nitrogens with two attached hydrogens (primary N) is 1. The van der Waals surface area contributed by atoms with E-state index in [1.807, 2.05) is 26.0 Å². The van der Waals surface area contributed by atoms with Crippen molar-refractivity contribution in [3.8, 4) is 0 Å². The van der Waals surface area contributed by atoms with Crippen molar-refractivity contribution in [2.45, 2.75) is 46.1 Å². The Balaban J connectivity index is 2.79. The predicted molar refractivity (Wildman–Crippen MR) is 76.8 cm³/mol. The van der Waals surface area contributed by atoms with E-state index in [4.69, 9.17) is 5.73 Å². The Morgan fingerprint density at radius 3 is 2.33 bits per heavy atom. The van der Waals surface area contributed by atoms with Crippen LogP contribution in [-0.4, -0.2) is 19.0 Å². The molecule has 0 aliphatic carbocycles. The third kappa shape index (κ3) is 3.84. The van der Waals surface area contributed by atoms with Crippen LogP contribution in [0.25, 0.3) is 0 Å². The Labute approximate surface area is 110 Å². The van der Waals surface area contributed by atoms with Gasteiger partial charge in [0.25, 0.3) is 0 Å². The number of aryl methyl sites for hydroxylation is 2. The molecule has 1 rings (SSSR count). The van der Waals surface area contributed by atoms with Crippen molar-refractivity contribution in [2.24, 2.45) is 5.73 Å². The van der Waals surface area contributed by atoms with Gasteiger partial charge in [0, 0.05) is 12.7 Å². The number of hydrogen-bond donors (Lipinski definition) is 1. The van der Waals surface area contributed by atoms with Crippen molar-refractivity contribution in [3.05, 3.63) is 29.3 Å². The molecule has 0 aromatic heterocycles. The topological polar surface area (TPSA) is 46.3 Å². The first-order valence-electron chi connectivity index (χ1n) is 6.57. The second kappa shape index (κ2) is 6.55. The molecule has 0 saturated carbocycles. The molecule has 1 aromatic rings. The highest BCUT2D eigenvalue weighted by Crippen LogP contribution is 2.18. The van der Waals surface area contributed by atoms with Gasteiger partial charge in [-0.2, -0.15) is 0 Å². The van der Waals surface area contributed by atoms with Gasteiger partial charge in [0.05, 0.1) is 6.04 Å². The molecule has 0 fully saturated rings. The molecule has 1 aromatic carbocycles. The number of likely N-dealkylation sites (N-methyl/N-ethyl adjacent to an activating group) is 1. The Bertz CT molecular complexity index is 395. The molecule has 18 heavy (non-hydrogen) atoms. The summed E-state index contributed by atoms with van der Waals surface area (Å²) in [6.07, 6.45) is 2.81. The van der Waals surface area contributed by atoms with Gasteiger partial charge in [-0.1, -0.05) is 25.8 Å². The lowest BCUT2D eigenvalue weighted by atomic mass is 10.1. The minimum atomic E-state index is -0.393. The van der Waals surface area contributed by atoms with E-state index in [0.29, 0.717) is 0 Å². The summed E-state index contributed by atoms with van der Waals surface area (Å²) in [5.74, 6) is -0.00606. The predicted octanol–water partition coefficient (Wildman–Crippen LogP) is 2.78. The van der Waals surface area contributed by atoms with Crippen LogP contribution >= 0.6 is 0 Å². The zero-order valence-electron chi connectivity index (χ0n) is 11.9. The summed E-state index contributed by atoms with van der Waals surface area (Å²) in [6.45, 7) is 6.17. The Hall–Kier alpha value is -1.35. The summed E-state index contributed by atoms with van der Waals surface area (Å²) in [6, 6.07) is 5.73. The van der Waals surface area contributed by atoms with Gasteiger partial charge >= 0.3 is 0 Å². The summed E-state index contributed by atoms with van der Waals surface area (Å²) in [5.41, 5.74) is 9.17. The summed E-state index contributed by atoms with van der Waals surface area (Å²) in [4.78, 5) is 13.8. The number of carbonyl (C=O) groups is 1. The Morgan fingerprint density at radius 2 is 1.83 bits per heavy atom. The first-order valence-corrected chi connectivity index (χ1v) is 6.57. The largest absolute Gasteiger partial charge is 0.320 e. The van der Waals surface area contributed by atoms with Crippen LogP contribution in [-0.2, 0) is 4.79 Å². The van der Waals surface area contributed by atoms with Crippen LogP contribution in [0.15, 0.2) is 18.2 Å². The molecule has 1 atom stereocenters. The van der Waals surface area contributed by atoms with E-state index >= 15 is 0 Å². The van der Waals surface area contributed by atoms with E-state index in [2.05, 4.69) is 13.0 Å². The maximum Gasteiger partial charge on any atom is 0.243 e. The molecular formula is C15H24N2O. The van der Waals surface area contributed by atoms with Gasteiger partial charge in [-0.05, 0) is 43.5 Å². The first-order chi connectivity index (χ1) is 8.45. The quantitative estimate of drug-likeness (QED) is 0.871. The van der Waals surface area contributed by atoms with Crippen LogP contribution in [0.5, 0.6) is 0 Å². The van der Waals surface area contributed by atoms with Gasteiger partial charge in [-0.25, -0.2) is 0 Å². The lowest BCUT2D eigenvalue weighted by Crippen LogP contribution is -2.41.